The van der Waals surface area contributed by atoms with Gasteiger partial charge in [-0.15, -0.1) is 0 Å². The molecule has 0 saturated heterocycles. The van der Waals surface area contributed by atoms with Crippen molar-refractivity contribution in [1.82, 2.24) is 0 Å². The van der Waals surface area contributed by atoms with Crippen LogP contribution in [0.3, 0.4) is 0 Å². The van der Waals surface area contributed by atoms with Crippen LogP contribution in [0.2, 0.25) is 0 Å². The zero-order valence-corrected chi connectivity index (χ0v) is 18.5. The average Bonchev–Trinajstić information content (AvgIpc) is 2.61. The summed E-state index contributed by atoms with van der Waals surface area (Å²) in [6.07, 6.45) is 12.6. The van der Waals surface area contributed by atoms with Gasteiger partial charge in [0.05, 0.1) is 0 Å². The van der Waals surface area contributed by atoms with Crippen LogP contribution in [-0.2, 0) is 0 Å². The molecule has 3 rings (SSSR count). The summed E-state index contributed by atoms with van der Waals surface area (Å²) in [7, 11) is 0. The second kappa shape index (κ2) is 9.01. The summed E-state index contributed by atoms with van der Waals surface area (Å²) in [6, 6.07) is 8.78. The molecule has 1 heteroatoms. The summed E-state index contributed by atoms with van der Waals surface area (Å²) >= 11 is 0. The first-order valence-electron chi connectivity index (χ1n) is 11.7. The van der Waals surface area contributed by atoms with E-state index < -0.39 is 0 Å². The second-order valence-corrected chi connectivity index (χ2v) is 10.2. The van der Waals surface area contributed by atoms with Crippen molar-refractivity contribution in [2.75, 3.05) is 0 Å². The maximum absolute atomic E-state index is 6.86. The molecule has 4 unspecified atom stereocenters. The third-order valence-electron chi connectivity index (χ3n) is 7.48. The van der Waals surface area contributed by atoms with Gasteiger partial charge in [0.2, 0.25) is 0 Å². The van der Waals surface area contributed by atoms with Crippen LogP contribution < -0.4 is 4.74 Å². The molecule has 152 valence electrons. The van der Waals surface area contributed by atoms with E-state index in [1.165, 1.54) is 63.4 Å². The predicted octanol–water partition coefficient (Wildman–Crippen LogP) is 7.81. The first-order chi connectivity index (χ1) is 12.9. The lowest BCUT2D eigenvalue weighted by Crippen LogP contribution is -2.49. The van der Waals surface area contributed by atoms with E-state index in [0.29, 0.717) is 11.5 Å². The number of rotatable bonds is 8. The molecule has 2 aliphatic rings. The van der Waals surface area contributed by atoms with Crippen LogP contribution in [0.4, 0.5) is 0 Å². The fraction of sp³-hybridized carbons (Fsp3) is 0.769. The van der Waals surface area contributed by atoms with Gasteiger partial charge in [-0.2, -0.15) is 0 Å². The van der Waals surface area contributed by atoms with Crippen LogP contribution in [0.1, 0.15) is 91.0 Å². The van der Waals surface area contributed by atoms with Crippen molar-refractivity contribution in [2.24, 2.45) is 29.1 Å². The quantitative estimate of drug-likeness (QED) is 0.453. The lowest BCUT2D eigenvalue weighted by molar-refractivity contribution is -0.0747. The van der Waals surface area contributed by atoms with Gasteiger partial charge < -0.3 is 4.74 Å². The number of aryl methyl sites for hydroxylation is 1. The van der Waals surface area contributed by atoms with Crippen molar-refractivity contribution in [2.45, 2.75) is 98.5 Å². The second-order valence-electron chi connectivity index (χ2n) is 10.2. The Hall–Kier alpha value is -0.980. The van der Waals surface area contributed by atoms with Crippen molar-refractivity contribution in [1.29, 1.82) is 0 Å². The summed E-state index contributed by atoms with van der Waals surface area (Å²) in [4.78, 5) is 0. The highest BCUT2D eigenvalue weighted by atomic mass is 16.5. The summed E-state index contributed by atoms with van der Waals surface area (Å²) in [6.45, 7) is 11.8. The van der Waals surface area contributed by atoms with Crippen LogP contribution in [0.5, 0.6) is 5.75 Å². The molecule has 2 saturated carbocycles. The van der Waals surface area contributed by atoms with Gasteiger partial charge in [0.15, 0.2) is 0 Å². The lowest BCUT2D eigenvalue weighted by atomic mass is 9.54. The maximum atomic E-state index is 6.86. The molecule has 0 spiro atoms. The smallest absolute Gasteiger partial charge is 0.119 e. The van der Waals surface area contributed by atoms with Crippen molar-refractivity contribution < 1.29 is 4.74 Å². The maximum Gasteiger partial charge on any atom is 0.119 e. The van der Waals surface area contributed by atoms with Crippen LogP contribution in [0, 0.1) is 36.0 Å². The lowest BCUT2D eigenvalue weighted by Gasteiger charge is -2.53. The summed E-state index contributed by atoms with van der Waals surface area (Å²) in [5.41, 5.74) is 1.71. The van der Waals surface area contributed by atoms with Crippen molar-refractivity contribution in [3.8, 4) is 5.75 Å². The Kier molecular flexibility index (Phi) is 6.93. The fourth-order valence-corrected chi connectivity index (χ4v) is 6.58. The number of hydrogen-bond acceptors (Lipinski definition) is 1. The van der Waals surface area contributed by atoms with E-state index in [9.17, 15) is 0 Å². The number of ether oxygens (including phenoxy) is 1. The largest absolute Gasteiger partial charge is 0.490 e. The van der Waals surface area contributed by atoms with Gasteiger partial charge in [-0.3, -0.25) is 0 Å². The Morgan fingerprint density at radius 3 is 2.19 bits per heavy atom. The third-order valence-corrected chi connectivity index (χ3v) is 7.48. The summed E-state index contributed by atoms with van der Waals surface area (Å²) < 4.78 is 6.86. The van der Waals surface area contributed by atoms with Crippen molar-refractivity contribution in [3.05, 3.63) is 29.8 Å². The first-order valence-corrected chi connectivity index (χ1v) is 11.7. The Labute approximate surface area is 168 Å². The molecule has 4 atom stereocenters. The monoisotopic (exact) mass is 370 g/mol. The van der Waals surface area contributed by atoms with Gasteiger partial charge in [-0.25, -0.2) is 0 Å². The van der Waals surface area contributed by atoms with Gasteiger partial charge in [0.25, 0.3) is 0 Å². The number of fused-ring (bicyclic) bond motifs is 2. The van der Waals surface area contributed by atoms with Gasteiger partial charge >= 0.3 is 0 Å². The van der Waals surface area contributed by atoms with Crippen LogP contribution in [0.25, 0.3) is 0 Å². The minimum absolute atomic E-state index is 0.379. The molecule has 0 N–H and O–H groups in total. The Morgan fingerprint density at radius 2 is 1.63 bits per heavy atom. The first kappa shape index (κ1) is 20.7. The van der Waals surface area contributed by atoms with Gasteiger partial charge in [0, 0.05) is 5.41 Å². The Morgan fingerprint density at radius 1 is 1.00 bits per heavy atom. The number of benzene rings is 1. The van der Waals surface area contributed by atoms with Crippen molar-refractivity contribution in [3.63, 3.8) is 0 Å². The molecule has 0 radical (unpaired) electrons. The van der Waals surface area contributed by atoms with Gasteiger partial charge in [-0.1, -0.05) is 64.7 Å². The topological polar surface area (TPSA) is 9.23 Å². The highest BCUT2D eigenvalue weighted by molar-refractivity contribution is 5.27. The van der Waals surface area contributed by atoms with Crippen molar-refractivity contribution >= 4 is 0 Å². The van der Waals surface area contributed by atoms with E-state index in [-0.39, 0.29) is 0 Å². The van der Waals surface area contributed by atoms with Crippen LogP contribution in [-0.4, -0.2) is 6.10 Å². The molecule has 2 aliphatic carbocycles. The molecule has 27 heavy (non-hydrogen) atoms. The third kappa shape index (κ3) is 5.09. The summed E-state index contributed by atoms with van der Waals surface area (Å²) in [5, 5.41) is 0. The predicted molar refractivity (Wildman–Crippen MR) is 116 cm³/mol. The highest BCUT2D eigenvalue weighted by Crippen LogP contribution is 2.56. The molecule has 0 amide bonds. The molecule has 0 aliphatic heterocycles. The SMILES string of the molecule is CCCC(CC)CC(Oc1ccc(C)cc1)C12CC(C)CC(CC(C)C1)C2. The van der Waals surface area contributed by atoms with Gasteiger partial charge in [0.1, 0.15) is 11.9 Å². The molecule has 0 aromatic heterocycles. The summed E-state index contributed by atoms with van der Waals surface area (Å²) in [5.74, 6) is 4.51. The number of hydrogen-bond donors (Lipinski definition) is 0. The molecular weight excluding hydrogens is 328 g/mol. The van der Waals surface area contributed by atoms with Crippen LogP contribution in [0.15, 0.2) is 24.3 Å². The molecular formula is C26H42O. The molecule has 1 aromatic rings. The van der Waals surface area contributed by atoms with E-state index in [1.807, 2.05) is 0 Å². The minimum atomic E-state index is 0.379. The van der Waals surface area contributed by atoms with E-state index in [4.69, 9.17) is 4.74 Å². The zero-order chi connectivity index (χ0) is 19.4. The normalized spacial score (nSPS) is 32.7. The van der Waals surface area contributed by atoms with E-state index >= 15 is 0 Å². The zero-order valence-electron chi connectivity index (χ0n) is 18.5. The molecule has 1 aromatic carbocycles. The van der Waals surface area contributed by atoms with Crippen LogP contribution >= 0.6 is 0 Å². The Bertz CT molecular complexity index is 555. The molecule has 2 bridgehead atoms. The van der Waals surface area contributed by atoms with E-state index in [1.54, 1.807) is 0 Å². The fourth-order valence-electron chi connectivity index (χ4n) is 6.58. The average molecular weight is 371 g/mol. The van der Waals surface area contributed by atoms with E-state index in [0.717, 1.165) is 29.4 Å². The Balaban J connectivity index is 1.87. The van der Waals surface area contributed by atoms with E-state index in [2.05, 4.69) is 58.9 Å². The minimum Gasteiger partial charge on any atom is -0.490 e. The molecule has 0 heterocycles. The molecule has 1 nitrogen and oxygen atoms in total. The molecule has 2 fully saturated rings. The highest BCUT2D eigenvalue weighted by Gasteiger charge is 2.50. The standard InChI is InChI=1S/C26H42O/c1-6-8-22(7-2)15-25(27-24-11-9-19(3)10-12-24)26-16-20(4)13-23(18-26)14-21(5)17-26/h9-12,20-23,25H,6-8,13-18H2,1-5H3. The van der Waals surface area contributed by atoms with Gasteiger partial charge in [-0.05, 0) is 81.3 Å².